The van der Waals surface area contributed by atoms with Crippen molar-refractivity contribution in [2.45, 2.75) is 12.4 Å². The summed E-state index contributed by atoms with van der Waals surface area (Å²) in [5.74, 6) is 4.13. The number of nitro benzene ring substituents is 2. The van der Waals surface area contributed by atoms with Gasteiger partial charge in [-0.05, 0) is 34.4 Å². The third-order valence-corrected chi connectivity index (χ3v) is 6.81. The van der Waals surface area contributed by atoms with Crippen LogP contribution in [0, 0.1) is 43.9 Å². The van der Waals surface area contributed by atoms with Gasteiger partial charge in [-0.15, -0.1) is 0 Å². The highest BCUT2D eigenvalue weighted by atomic mass is 19.4. The number of alkyl halides is 6. The first-order valence-corrected chi connectivity index (χ1v) is 14.7. The van der Waals surface area contributed by atoms with Crippen LogP contribution in [0.1, 0.15) is 11.1 Å². The van der Waals surface area contributed by atoms with Crippen LogP contribution < -0.4 is 10.6 Å². The molecule has 0 saturated heterocycles. The Labute approximate surface area is 299 Å². The minimum atomic E-state index is -5.41. The van der Waals surface area contributed by atoms with Gasteiger partial charge in [0.1, 0.15) is 11.4 Å². The van der Waals surface area contributed by atoms with Crippen LogP contribution in [-0.2, 0) is 19.1 Å². The Hall–Kier alpha value is -7.41. The number of ether oxygens (including phenoxy) is 2. The summed E-state index contributed by atoms with van der Waals surface area (Å²) in [5.41, 5.74) is -3.36. The molecule has 0 saturated carbocycles. The first-order valence-electron chi connectivity index (χ1n) is 14.7. The highest BCUT2D eigenvalue weighted by Gasteiger charge is 2.41. The second kappa shape index (κ2) is 16.7. The summed E-state index contributed by atoms with van der Waals surface area (Å²) < 4.78 is 87.7. The molecule has 0 aliphatic carbocycles. The molecule has 4 rings (SSSR count). The van der Waals surface area contributed by atoms with Gasteiger partial charge in [0.15, 0.2) is 13.2 Å². The predicted octanol–water partition coefficient (Wildman–Crippen LogP) is 7.40. The summed E-state index contributed by atoms with van der Waals surface area (Å²) in [4.78, 5) is 57.1. The second-order valence-corrected chi connectivity index (χ2v) is 10.4. The van der Waals surface area contributed by atoms with Crippen LogP contribution in [-0.4, -0.2) is 53.4 Å². The number of nitro groups is 2. The number of hydrogen-bond donors (Lipinski definition) is 2. The Bertz CT molecular complexity index is 2080. The van der Waals surface area contributed by atoms with Gasteiger partial charge in [0.2, 0.25) is 0 Å². The van der Waals surface area contributed by atoms with Crippen molar-refractivity contribution in [1.82, 2.24) is 0 Å². The van der Waals surface area contributed by atoms with E-state index in [0.717, 1.165) is 24.3 Å². The fourth-order valence-corrected chi connectivity index (χ4v) is 4.46. The van der Waals surface area contributed by atoms with Crippen LogP contribution >= 0.6 is 0 Å². The van der Waals surface area contributed by atoms with Gasteiger partial charge in [-0.25, -0.2) is 4.79 Å². The number of rotatable bonds is 8. The maximum absolute atomic E-state index is 13.0. The molecule has 0 aliphatic rings. The summed E-state index contributed by atoms with van der Waals surface area (Å²) in [6, 6.07) is 20.0. The molecular formula is C35H20F6N4O9. The van der Waals surface area contributed by atoms with Crippen LogP contribution in [0.3, 0.4) is 0 Å². The Morgan fingerprint density at radius 3 is 1.26 bits per heavy atom. The molecule has 0 bridgehead atoms. The molecule has 13 nitrogen and oxygen atoms in total. The van der Waals surface area contributed by atoms with Crippen molar-refractivity contribution >= 4 is 40.7 Å². The second-order valence-electron chi connectivity index (χ2n) is 10.4. The highest BCUT2D eigenvalue weighted by molar-refractivity contribution is 6.00. The van der Waals surface area contributed by atoms with Gasteiger partial charge in [0, 0.05) is 12.1 Å². The maximum Gasteiger partial charge on any atom is 0.510 e. The molecule has 0 radical (unpaired) electrons. The molecule has 4 aromatic rings. The van der Waals surface area contributed by atoms with Gasteiger partial charge < -0.3 is 20.1 Å². The quantitative estimate of drug-likeness (QED) is 0.0610. The van der Waals surface area contributed by atoms with Gasteiger partial charge in [-0.2, -0.15) is 26.3 Å². The normalized spacial score (nSPS) is 10.8. The van der Waals surface area contributed by atoms with Crippen molar-refractivity contribution in [1.29, 1.82) is 0 Å². The lowest BCUT2D eigenvalue weighted by Gasteiger charge is -2.12. The maximum atomic E-state index is 13.0. The van der Waals surface area contributed by atoms with E-state index in [4.69, 9.17) is 9.47 Å². The molecule has 0 heterocycles. The van der Waals surface area contributed by atoms with E-state index in [-0.39, 0.29) is 11.1 Å². The molecule has 19 heteroatoms. The van der Waals surface area contributed by atoms with E-state index in [1.165, 1.54) is 10.6 Å². The van der Waals surface area contributed by atoms with Crippen LogP contribution in [0.15, 0.2) is 84.9 Å². The average molecular weight is 755 g/mol. The molecule has 0 fully saturated rings. The molecule has 0 aromatic heterocycles. The van der Waals surface area contributed by atoms with E-state index in [2.05, 4.69) is 23.7 Å². The van der Waals surface area contributed by atoms with E-state index < -0.39 is 87.3 Å². The van der Waals surface area contributed by atoms with Crippen LogP contribution in [0.4, 0.5) is 53.9 Å². The Kier molecular flexibility index (Phi) is 12.2. The first kappa shape index (κ1) is 39.4. The van der Waals surface area contributed by atoms with E-state index in [0.29, 0.717) is 11.1 Å². The zero-order valence-corrected chi connectivity index (χ0v) is 26.8. The van der Waals surface area contributed by atoms with Crippen molar-refractivity contribution in [3.05, 3.63) is 116 Å². The molecule has 2 N–H and O–H groups in total. The number of carbonyl (C=O) groups excluding carboxylic acids is 3. The van der Waals surface area contributed by atoms with Crippen molar-refractivity contribution in [3.63, 3.8) is 0 Å². The minimum absolute atomic E-state index is 0.149. The van der Waals surface area contributed by atoms with Gasteiger partial charge >= 0.3 is 30.3 Å². The molecular weight excluding hydrogens is 734 g/mol. The van der Waals surface area contributed by atoms with E-state index in [1.807, 2.05) is 0 Å². The highest BCUT2D eigenvalue weighted by Crippen LogP contribution is 2.37. The van der Waals surface area contributed by atoms with Crippen molar-refractivity contribution < 1.29 is 60.0 Å². The molecule has 0 spiro atoms. The molecule has 4 aromatic carbocycles. The van der Waals surface area contributed by atoms with Gasteiger partial charge in [0.25, 0.3) is 11.4 Å². The van der Waals surface area contributed by atoms with E-state index in [9.17, 15) is 61.0 Å². The van der Waals surface area contributed by atoms with Crippen molar-refractivity contribution in [2.24, 2.45) is 0 Å². The molecule has 0 atom stereocenters. The summed E-state index contributed by atoms with van der Waals surface area (Å²) in [6.07, 6.45) is -12.3. The first-order chi connectivity index (χ1) is 25.5. The predicted molar refractivity (Wildman–Crippen MR) is 177 cm³/mol. The lowest BCUT2D eigenvalue weighted by Crippen LogP contribution is -2.30. The van der Waals surface area contributed by atoms with Crippen LogP contribution in [0.5, 0.6) is 0 Å². The third-order valence-electron chi connectivity index (χ3n) is 6.81. The number of amides is 2. The fourth-order valence-electron chi connectivity index (χ4n) is 4.46. The fraction of sp³-hybridized carbons (Fsp3) is 0.114. The Morgan fingerprint density at radius 2 is 0.944 bits per heavy atom. The minimum Gasteiger partial charge on any atom is -0.421 e. The summed E-state index contributed by atoms with van der Waals surface area (Å²) in [5, 5.41) is 26.5. The van der Waals surface area contributed by atoms with E-state index >= 15 is 0 Å². The molecule has 54 heavy (non-hydrogen) atoms. The third kappa shape index (κ3) is 10.3. The SMILES string of the molecule is O=C(OCC#Cc1cc(-c2ccccc2)cc([N+](=O)[O-])c1NC(=O)C(F)(F)F)OCC#Cc1cc(-c2ccccc2)cc([N+](=O)[O-])c1NC(=O)C(F)(F)F. The Morgan fingerprint density at radius 1 is 0.593 bits per heavy atom. The number of benzene rings is 4. The number of nitrogens with zero attached hydrogens (tertiary/aromatic N) is 2. The average Bonchev–Trinajstić information content (AvgIpc) is 3.12. The largest absolute Gasteiger partial charge is 0.510 e. The summed E-state index contributed by atoms with van der Waals surface area (Å²) in [6.45, 7) is -1.61. The zero-order chi connectivity index (χ0) is 39.6. The van der Waals surface area contributed by atoms with Crippen LogP contribution in [0.25, 0.3) is 22.3 Å². The lowest BCUT2D eigenvalue weighted by atomic mass is 10.0. The standard InChI is InChI=1S/C35H20F6N4O9/c36-34(37,38)31(46)42-29-23(17-25(19-27(29)44(49)50)21-9-3-1-4-10-21)13-7-15-53-33(48)54-16-8-14-24-18-26(22-11-5-2-6-12-22)20-28(45(51)52)30(24)43-32(47)35(39,40)41/h1-6,9-12,17-20H,15-16H2,(H,42,46)(H,43,47). The van der Waals surface area contributed by atoms with Crippen LogP contribution in [0.2, 0.25) is 0 Å². The van der Waals surface area contributed by atoms with Crippen molar-refractivity contribution in [2.75, 3.05) is 23.8 Å². The smallest absolute Gasteiger partial charge is 0.421 e. The summed E-state index contributed by atoms with van der Waals surface area (Å²) in [7, 11) is 0. The molecule has 2 amide bonds. The number of hydrogen-bond acceptors (Lipinski definition) is 9. The molecule has 276 valence electrons. The Balaban J connectivity index is 1.55. The molecule has 0 unspecified atom stereocenters. The number of nitrogens with one attached hydrogen (secondary N) is 2. The number of carbonyl (C=O) groups is 3. The zero-order valence-electron chi connectivity index (χ0n) is 26.8. The lowest BCUT2D eigenvalue weighted by molar-refractivity contribution is -0.384. The van der Waals surface area contributed by atoms with Crippen molar-refractivity contribution in [3.8, 4) is 45.9 Å². The number of anilines is 2. The monoisotopic (exact) mass is 754 g/mol. The topological polar surface area (TPSA) is 180 Å². The van der Waals surface area contributed by atoms with Gasteiger partial charge in [-0.1, -0.05) is 84.3 Å². The van der Waals surface area contributed by atoms with E-state index in [1.54, 1.807) is 60.7 Å². The molecule has 0 aliphatic heterocycles. The van der Waals surface area contributed by atoms with Gasteiger partial charge in [0.05, 0.1) is 21.0 Å². The van der Waals surface area contributed by atoms with Gasteiger partial charge in [-0.3, -0.25) is 29.8 Å². The number of halogens is 6. The summed E-state index contributed by atoms with van der Waals surface area (Å²) >= 11 is 0.